The standard InChI is InChI=1S/C11H11FN4OS/c12-8-5-7(11(13)18)1-2-9(8)14-4-3-10-15-6-16-17-10/h1-2,5-6,14H,3-4H2,(H2,13,18). The van der Waals surface area contributed by atoms with Crippen LogP contribution in [0.25, 0.3) is 0 Å². The largest absolute Gasteiger partial charge is 0.389 e. The van der Waals surface area contributed by atoms with Crippen molar-refractivity contribution in [1.29, 1.82) is 0 Å². The van der Waals surface area contributed by atoms with Crippen molar-refractivity contribution in [3.63, 3.8) is 0 Å². The van der Waals surface area contributed by atoms with E-state index in [0.29, 0.717) is 30.1 Å². The van der Waals surface area contributed by atoms with Crippen LogP contribution in [0.2, 0.25) is 0 Å². The maximum atomic E-state index is 13.6. The molecule has 0 atom stereocenters. The van der Waals surface area contributed by atoms with Crippen molar-refractivity contribution >= 4 is 22.9 Å². The molecule has 0 bridgehead atoms. The summed E-state index contributed by atoms with van der Waals surface area (Å²) in [5.41, 5.74) is 6.30. The molecule has 1 heterocycles. The summed E-state index contributed by atoms with van der Waals surface area (Å²) in [4.78, 5) is 4.03. The van der Waals surface area contributed by atoms with E-state index >= 15 is 0 Å². The fourth-order valence-corrected chi connectivity index (χ4v) is 1.55. The van der Waals surface area contributed by atoms with Gasteiger partial charge in [0.25, 0.3) is 0 Å². The fraction of sp³-hybridized carbons (Fsp3) is 0.182. The Morgan fingerprint density at radius 1 is 1.50 bits per heavy atom. The number of halogens is 1. The molecule has 0 aliphatic heterocycles. The van der Waals surface area contributed by atoms with Crippen molar-refractivity contribution in [3.8, 4) is 0 Å². The van der Waals surface area contributed by atoms with Gasteiger partial charge >= 0.3 is 0 Å². The molecule has 1 aromatic heterocycles. The summed E-state index contributed by atoms with van der Waals surface area (Å²) in [5, 5.41) is 6.41. The smallest absolute Gasteiger partial charge is 0.228 e. The SMILES string of the molecule is NC(=S)c1ccc(NCCc2ncno2)c(F)c1. The molecule has 0 spiro atoms. The molecule has 94 valence electrons. The van der Waals surface area contributed by atoms with Crippen molar-refractivity contribution in [3.05, 3.63) is 41.8 Å². The molecule has 0 aliphatic rings. The van der Waals surface area contributed by atoms with E-state index in [2.05, 4.69) is 15.5 Å². The third-order valence-corrected chi connectivity index (χ3v) is 2.55. The zero-order valence-corrected chi connectivity index (χ0v) is 10.2. The van der Waals surface area contributed by atoms with Gasteiger partial charge in [-0.1, -0.05) is 17.4 Å². The highest BCUT2D eigenvalue weighted by atomic mass is 32.1. The van der Waals surface area contributed by atoms with Gasteiger partial charge in [0.2, 0.25) is 5.89 Å². The predicted octanol–water partition coefficient (Wildman–Crippen LogP) is 1.50. The number of benzene rings is 1. The van der Waals surface area contributed by atoms with Crippen LogP contribution in [0.3, 0.4) is 0 Å². The molecule has 0 saturated carbocycles. The number of nitrogens with two attached hydrogens (primary N) is 1. The number of hydrogen-bond acceptors (Lipinski definition) is 5. The third-order valence-electron chi connectivity index (χ3n) is 2.31. The Kier molecular flexibility index (Phi) is 3.83. The maximum absolute atomic E-state index is 13.6. The Morgan fingerprint density at radius 2 is 2.33 bits per heavy atom. The number of rotatable bonds is 5. The molecule has 2 rings (SSSR count). The molecular weight excluding hydrogens is 255 g/mol. The average molecular weight is 266 g/mol. The van der Waals surface area contributed by atoms with Crippen LogP contribution in [0.15, 0.2) is 29.0 Å². The van der Waals surface area contributed by atoms with E-state index in [1.807, 2.05) is 0 Å². The Labute approximate surface area is 108 Å². The molecule has 1 aromatic carbocycles. The summed E-state index contributed by atoms with van der Waals surface area (Å²) in [6.07, 6.45) is 1.85. The Morgan fingerprint density at radius 3 is 2.94 bits per heavy atom. The van der Waals surface area contributed by atoms with E-state index in [4.69, 9.17) is 22.5 Å². The first-order chi connectivity index (χ1) is 8.66. The van der Waals surface area contributed by atoms with Crippen LogP contribution in [0.1, 0.15) is 11.5 Å². The quantitative estimate of drug-likeness (QED) is 0.799. The summed E-state index contributed by atoms with van der Waals surface area (Å²) >= 11 is 4.77. The van der Waals surface area contributed by atoms with Gasteiger partial charge in [-0.25, -0.2) is 4.39 Å². The molecule has 0 aliphatic carbocycles. The lowest BCUT2D eigenvalue weighted by Crippen LogP contribution is -2.11. The molecule has 3 N–H and O–H groups in total. The molecule has 0 amide bonds. The van der Waals surface area contributed by atoms with Crippen LogP contribution in [0.5, 0.6) is 0 Å². The second-order valence-corrected chi connectivity index (χ2v) is 4.01. The molecule has 0 radical (unpaired) electrons. The number of nitrogens with one attached hydrogen (secondary N) is 1. The maximum Gasteiger partial charge on any atom is 0.228 e. The zero-order valence-electron chi connectivity index (χ0n) is 9.39. The first-order valence-corrected chi connectivity index (χ1v) is 5.66. The molecule has 0 saturated heterocycles. The number of hydrogen-bond donors (Lipinski definition) is 2. The van der Waals surface area contributed by atoms with Crippen LogP contribution >= 0.6 is 12.2 Å². The predicted molar refractivity (Wildman–Crippen MR) is 68.8 cm³/mol. The number of thiocarbonyl (C=S) groups is 1. The fourth-order valence-electron chi connectivity index (χ4n) is 1.42. The van der Waals surface area contributed by atoms with Gasteiger partial charge in [-0.15, -0.1) is 0 Å². The van der Waals surface area contributed by atoms with Crippen molar-refractivity contribution in [2.75, 3.05) is 11.9 Å². The summed E-state index contributed by atoms with van der Waals surface area (Å²) < 4.78 is 18.5. The topological polar surface area (TPSA) is 77.0 Å². The van der Waals surface area contributed by atoms with Crippen LogP contribution in [0, 0.1) is 5.82 Å². The van der Waals surface area contributed by atoms with Crippen LogP contribution < -0.4 is 11.1 Å². The van der Waals surface area contributed by atoms with Gasteiger partial charge < -0.3 is 15.6 Å². The van der Waals surface area contributed by atoms with Crippen molar-refractivity contribution in [1.82, 2.24) is 10.1 Å². The number of anilines is 1. The van der Waals surface area contributed by atoms with Crippen molar-refractivity contribution in [2.24, 2.45) is 5.73 Å². The molecule has 0 fully saturated rings. The van der Waals surface area contributed by atoms with Crippen LogP contribution in [0.4, 0.5) is 10.1 Å². The monoisotopic (exact) mass is 266 g/mol. The van der Waals surface area contributed by atoms with Crippen molar-refractivity contribution in [2.45, 2.75) is 6.42 Å². The number of nitrogens with zero attached hydrogens (tertiary/aromatic N) is 2. The molecule has 2 aromatic rings. The summed E-state index contributed by atoms with van der Waals surface area (Å²) in [6, 6.07) is 4.56. The second-order valence-electron chi connectivity index (χ2n) is 3.57. The Balaban J connectivity index is 1.95. The van der Waals surface area contributed by atoms with Crippen LogP contribution in [-0.4, -0.2) is 21.7 Å². The van der Waals surface area contributed by atoms with E-state index < -0.39 is 5.82 Å². The number of aromatic nitrogens is 2. The summed E-state index contributed by atoms with van der Waals surface area (Å²) in [7, 11) is 0. The summed E-state index contributed by atoms with van der Waals surface area (Å²) in [5.74, 6) is 0.105. The van der Waals surface area contributed by atoms with E-state index in [1.165, 1.54) is 12.4 Å². The zero-order chi connectivity index (χ0) is 13.0. The molecule has 0 unspecified atom stereocenters. The van der Waals surface area contributed by atoms with Crippen LogP contribution in [-0.2, 0) is 6.42 Å². The third kappa shape index (κ3) is 3.01. The van der Waals surface area contributed by atoms with Gasteiger partial charge in [0.15, 0.2) is 6.33 Å². The van der Waals surface area contributed by atoms with Gasteiger partial charge in [-0.05, 0) is 18.2 Å². The van der Waals surface area contributed by atoms with Gasteiger partial charge in [0.05, 0.1) is 5.69 Å². The molecule has 18 heavy (non-hydrogen) atoms. The first-order valence-electron chi connectivity index (χ1n) is 5.25. The minimum absolute atomic E-state index is 0.173. The lowest BCUT2D eigenvalue weighted by Gasteiger charge is -2.07. The summed E-state index contributed by atoms with van der Waals surface area (Å²) in [6.45, 7) is 0.492. The first kappa shape index (κ1) is 12.4. The van der Waals surface area contributed by atoms with E-state index in [-0.39, 0.29) is 4.99 Å². The average Bonchev–Trinajstić information content (AvgIpc) is 2.84. The van der Waals surface area contributed by atoms with Gasteiger partial charge in [-0.3, -0.25) is 0 Å². The minimum Gasteiger partial charge on any atom is -0.389 e. The molecular formula is C11H11FN4OS. The molecule has 7 heteroatoms. The Bertz CT molecular complexity index is 544. The Hall–Kier alpha value is -2.02. The van der Waals surface area contributed by atoms with Gasteiger partial charge in [-0.2, -0.15) is 4.98 Å². The minimum atomic E-state index is -0.397. The highest BCUT2D eigenvalue weighted by Crippen LogP contribution is 2.15. The van der Waals surface area contributed by atoms with E-state index in [1.54, 1.807) is 12.1 Å². The van der Waals surface area contributed by atoms with E-state index in [9.17, 15) is 4.39 Å². The van der Waals surface area contributed by atoms with Crippen molar-refractivity contribution < 1.29 is 8.91 Å². The highest BCUT2D eigenvalue weighted by Gasteiger charge is 2.05. The normalized spacial score (nSPS) is 10.3. The van der Waals surface area contributed by atoms with E-state index in [0.717, 1.165) is 0 Å². The van der Waals surface area contributed by atoms with Gasteiger partial charge in [0, 0.05) is 18.5 Å². The second kappa shape index (κ2) is 5.54. The lowest BCUT2D eigenvalue weighted by molar-refractivity contribution is 0.379. The molecule has 5 nitrogen and oxygen atoms in total. The van der Waals surface area contributed by atoms with Gasteiger partial charge in [0.1, 0.15) is 10.8 Å². The lowest BCUT2D eigenvalue weighted by atomic mass is 10.2. The highest BCUT2D eigenvalue weighted by molar-refractivity contribution is 7.80.